The number of alkyl halides is 1. The summed E-state index contributed by atoms with van der Waals surface area (Å²) in [5, 5.41) is 19.9. The zero-order chi connectivity index (χ0) is 13.8. The number of hydrogen-bond donors (Lipinski definition) is 3. The van der Waals surface area contributed by atoms with Crippen LogP contribution in [0.15, 0.2) is 18.3 Å². The van der Waals surface area contributed by atoms with Gasteiger partial charge in [-0.05, 0) is 12.1 Å². The number of halogens is 1. The van der Waals surface area contributed by atoms with Crippen LogP contribution >= 0.6 is 11.6 Å². The number of hydrogen-bond acceptors (Lipinski definition) is 5. The lowest BCUT2D eigenvalue weighted by atomic mass is 10.1. The van der Waals surface area contributed by atoms with Crippen molar-refractivity contribution in [3.05, 3.63) is 23.9 Å². The molecule has 0 saturated carbocycles. The predicted molar refractivity (Wildman–Crippen MR) is 72.6 cm³/mol. The van der Waals surface area contributed by atoms with Gasteiger partial charge in [0.25, 0.3) is 0 Å². The Kier molecular flexibility index (Phi) is 4.24. The number of benzene rings is 1. The second-order valence-corrected chi connectivity index (χ2v) is 4.35. The number of carbonyl (C=O) groups excluding carboxylic acids is 1. The molecule has 0 bridgehead atoms. The number of aromatic amines is 1. The number of fused-ring (bicyclic) bond motifs is 1. The number of nitrogens with zero attached hydrogens (tertiary/aromatic N) is 1. The third-order valence-electron chi connectivity index (χ3n) is 2.67. The molecule has 0 aliphatic carbocycles. The Labute approximate surface area is 114 Å². The van der Waals surface area contributed by atoms with E-state index in [9.17, 15) is 9.90 Å². The molecule has 0 amide bonds. The summed E-state index contributed by atoms with van der Waals surface area (Å²) in [5.74, 6) is -0.305. The number of aliphatic hydroxyl groups is 1. The van der Waals surface area contributed by atoms with Crippen LogP contribution < -0.4 is 5.32 Å². The van der Waals surface area contributed by atoms with E-state index < -0.39 is 12.1 Å². The molecular weight excluding hydrogens is 270 g/mol. The highest BCUT2D eigenvalue weighted by molar-refractivity contribution is 6.18. The molecular formula is C12H14ClN3O3. The molecule has 0 radical (unpaired) electrons. The minimum Gasteiger partial charge on any atom is -0.465 e. The van der Waals surface area contributed by atoms with E-state index >= 15 is 0 Å². The van der Waals surface area contributed by atoms with Crippen molar-refractivity contribution < 1.29 is 14.6 Å². The van der Waals surface area contributed by atoms with E-state index in [0.717, 1.165) is 5.39 Å². The van der Waals surface area contributed by atoms with Gasteiger partial charge in [0.1, 0.15) is 0 Å². The van der Waals surface area contributed by atoms with E-state index in [1.807, 2.05) is 6.07 Å². The Bertz CT molecular complexity index is 585. The zero-order valence-electron chi connectivity index (χ0n) is 10.3. The molecule has 0 fully saturated rings. The molecule has 0 saturated heterocycles. The molecule has 0 aliphatic rings. The molecule has 2 aromatic rings. The first-order valence-electron chi connectivity index (χ1n) is 5.69. The summed E-state index contributed by atoms with van der Waals surface area (Å²) in [4.78, 5) is 11.7. The summed E-state index contributed by atoms with van der Waals surface area (Å²) in [6, 6.07) is 3.47. The SMILES string of the molecule is COC(=O)c1cc(NCC(O)CCl)cc2cn[nH]c12. The summed E-state index contributed by atoms with van der Waals surface area (Å²) >= 11 is 5.52. The normalized spacial score (nSPS) is 12.4. The van der Waals surface area contributed by atoms with Crippen LogP contribution in [0.1, 0.15) is 10.4 Å². The molecule has 6 nitrogen and oxygen atoms in total. The lowest BCUT2D eigenvalue weighted by molar-refractivity contribution is 0.0603. The highest BCUT2D eigenvalue weighted by Gasteiger charge is 2.14. The van der Waals surface area contributed by atoms with Crippen LogP contribution in [0, 0.1) is 0 Å². The number of nitrogens with one attached hydrogen (secondary N) is 2. The Balaban J connectivity index is 2.32. The van der Waals surface area contributed by atoms with Gasteiger partial charge in [0.15, 0.2) is 0 Å². The van der Waals surface area contributed by atoms with Gasteiger partial charge in [-0.15, -0.1) is 11.6 Å². The molecule has 0 aliphatic heterocycles. The fraction of sp³-hybridized carbons (Fsp3) is 0.333. The van der Waals surface area contributed by atoms with Gasteiger partial charge >= 0.3 is 5.97 Å². The molecule has 1 aromatic heterocycles. The number of ether oxygens (including phenoxy) is 1. The first kappa shape index (κ1) is 13.6. The van der Waals surface area contributed by atoms with Gasteiger partial charge in [0, 0.05) is 17.6 Å². The Hall–Kier alpha value is -1.79. The number of methoxy groups -OCH3 is 1. The quantitative estimate of drug-likeness (QED) is 0.570. The zero-order valence-corrected chi connectivity index (χ0v) is 11.1. The van der Waals surface area contributed by atoms with Crippen LogP contribution in [0.5, 0.6) is 0 Å². The first-order chi connectivity index (χ1) is 9.15. The van der Waals surface area contributed by atoms with E-state index in [4.69, 9.17) is 16.3 Å². The van der Waals surface area contributed by atoms with Crippen LogP contribution in [-0.2, 0) is 4.74 Å². The number of rotatable bonds is 5. The summed E-state index contributed by atoms with van der Waals surface area (Å²) < 4.78 is 4.73. The van der Waals surface area contributed by atoms with Gasteiger partial charge in [-0.2, -0.15) is 5.10 Å². The van der Waals surface area contributed by atoms with Crippen molar-refractivity contribution >= 4 is 34.2 Å². The van der Waals surface area contributed by atoms with E-state index in [1.165, 1.54) is 7.11 Å². The predicted octanol–water partition coefficient (Wildman–Crippen LogP) is 1.36. The second kappa shape index (κ2) is 5.90. The summed E-state index contributed by atoms with van der Waals surface area (Å²) in [5.41, 5.74) is 1.70. The van der Waals surface area contributed by atoms with Crippen molar-refractivity contribution in [1.82, 2.24) is 10.2 Å². The Morgan fingerprint density at radius 2 is 2.42 bits per heavy atom. The van der Waals surface area contributed by atoms with Gasteiger partial charge < -0.3 is 15.2 Å². The van der Waals surface area contributed by atoms with Crippen LogP contribution in [-0.4, -0.2) is 46.9 Å². The van der Waals surface area contributed by atoms with Crippen molar-refractivity contribution in [3.63, 3.8) is 0 Å². The van der Waals surface area contributed by atoms with Crippen LogP contribution in [0.2, 0.25) is 0 Å². The summed E-state index contributed by atoms with van der Waals surface area (Å²) in [7, 11) is 1.32. The highest BCUT2D eigenvalue weighted by Crippen LogP contribution is 2.22. The molecule has 19 heavy (non-hydrogen) atoms. The van der Waals surface area contributed by atoms with Crippen molar-refractivity contribution in [1.29, 1.82) is 0 Å². The van der Waals surface area contributed by atoms with Crippen LogP contribution in [0.3, 0.4) is 0 Å². The average Bonchev–Trinajstić information content (AvgIpc) is 2.91. The lowest BCUT2D eigenvalue weighted by Crippen LogP contribution is -2.20. The Morgan fingerprint density at radius 3 is 3.11 bits per heavy atom. The van der Waals surface area contributed by atoms with Crippen molar-refractivity contribution in [2.45, 2.75) is 6.10 Å². The molecule has 3 N–H and O–H groups in total. The van der Waals surface area contributed by atoms with Crippen LogP contribution in [0.4, 0.5) is 5.69 Å². The van der Waals surface area contributed by atoms with E-state index in [1.54, 1.807) is 12.3 Å². The number of aliphatic hydroxyl groups excluding tert-OH is 1. The highest BCUT2D eigenvalue weighted by atomic mass is 35.5. The van der Waals surface area contributed by atoms with Gasteiger partial charge in [-0.25, -0.2) is 4.79 Å². The number of anilines is 1. The summed E-state index contributed by atoms with van der Waals surface area (Å²) in [6.45, 7) is 0.299. The molecule has 7 heteroatoms. The van der Waals surface area contributed by atoms with E-state index in [0.29, 0.717) is 23.3 Å². The Morgan fingerprint density at radius 1 is 1.63 bits per heavy atom. The van der Waals surface area contributed by atoms with Gasteiger partial charge in [0.05, 0.1) is 36.4 Å². The maximum absolute atomic E-state index is 11.7. The van der Waals surface area contributed by atoms with Crippen molar-refractivity contribution in [3.8, 4) is 0 Å². The fourth-order valence-corrected chi connectivity index (χ4v) is 1.83. The minimum absolute atomic E-state index is 0.144. The number of esters is 1. The molecule has 1 atom stereocenters. The monoisotopic (exact) mass is 283 g/mol. The van der Waals surface area contributed by atoms with E-state index in [2.05, 4.69) is 15.5 Å². The number of carbonyl (C=O) groups is 1. The molecule has 1 unspecified atom stereocenters. The molecule has 1 aromatic carbocycles. The third kappa shape index (κ3) is 2.97. The average molecular weight is 284 g/mol. The molecule has 0 spiro atoms. The van der Waals surface area contributed by atoms with Crippen molar-refractivity contribution in [2.75, 3.05) is 24.9 Å². The smallest absolute Gasteiger partial charge is 0.340 e. The first-order valence-corrected chi connectivity index (χ1v) is 6.22. The molecule has 1 heterocycles. The largest absolute Gasteiger partial charge is 0.465 e. The van der Waals surface area contributed by atoms with Gasteiger partial charge in [-0.3, -0.25) is 5.10 Å². The third-order valence-corrected chi connectivity index (χ3v) is 3.03. The van der Waals surface area contributed by atoms with E-state index in [-0.39, 0.29) is 5.88 Å². The van der Waals surface area contributed by atoms with Gasteiger partial charge in [0.2, 0.25) is 0 Å². The van der Waals surface area contributed by atoms with Crippen molar-refractivity contribution in [2.24, 2.45) is 0 Å². The standard InChI is InChI=1S/C12H14ClN3O3/c1-19-12(18)10-3-8(14-6-9(17)4-13)2-7-5-15-16-11(7)10/h2-3,5,9,14,17H,4,6H2,1H3,(H,15,16). The molecule has 102 valence electrons. The molecule has 2 rings (SSSR count). The minimum atomic E-state index is -0.650. The number of aromatic nitrogens is 2. The lowest BCUT2D eigenvalue weighted by Gasteiger charge is -2.11. The summed E-state index contributed by atoms with van der Waals surface area (Å²) in [6.07, 6.45) is 0.966. The second-order valence-electron chi connectivity index (χ2n) is 4.04. The van der Waals surface area contributed by atoms with Gasteiger partial charge in [-0.1, -0.05) is 0 Å². The maximum Gasteiger partial charge on any atom is 0.340 e. The maximum atomic E-state index is 11.7. The number of H-pyrrole nitrogens is 1. The van der Waals surface area contributed by atoms with Crippen LogP contribution in [0.25, 0.3) is 10.9 Å². The fourth-order valence-electron chi connectivity index (χ4n) is 1.72. The topological polar surface area (TPSA) is 87.2 Å².